The lowest BCUT2D eigenvalue weighted by Gasteiger charge is -2.30. The van der Waals surface area contributed by atoms with Gasteiger partial charge in [-0.25, -0.2) is 0 Å². The molecule has 0 heterocycles. The maximum Gasteiger partial charge on any atom is 0.0453 e. The van der Waals surface area contributed by atoms with Gasteiger partial charge in [-0.3, -0.25) is 0 Å². The fourth-order valence-electron chi connectivity index (χ4n) is 1.58. The minimum atomic E-state index is -0.103. The highest BCUT2D eigenvalue weighted by atomic mass is 35.5. The Morgan fingerprint density at radius 2 is 2.00 bits per heavy atom. The summed E-state index contributed by atoms with van der Waals surface area (Å²) in [5.41, 5.74) is 0. The van der Waals surface area contributed by atoms with Crippen LogP contribution in [0.3, 0.4) is 0 Å². The van der Waals surface area contributed by atoms with E-state index in [4.69, 9.17) is 23.2 Å². The molecule has 1 rings (SSSR count). The van der Waals surface area contributed by atoms with Crippen LogP contribution in [0.4, 0.5) is 0 Å². The molecule has 70 valence electrons. The average Bonchev–Trinajstić information content (AvgIpc) is 2.03. The molecule has 0 aliphatic heterocycles. The number of allylic oxidation sites excluding steroid dienone is 2. The third kappa shape index (κ3) is 2.67. The first-order valence-corrected chi connectivity index (χ1v) is 5.38. The molecular weight excluding hydrogens is 191 g/mol. The third-order valence-electron chi connectivity index (χ3n) is 2.54. The molecule has 2 heteroatoms. The van der Waals surface area contributed by atoms with Crippen molar-refractivity contribution < 1.29 is 0 Å². The molecular formula is C10H16Cl2. The highest BCUT2D eigenvalue weighted by molar-refractivity contribution is 6.23. The molecule has 0 fully saturated rings. The summed E-state index contributed by atoms with van der Waals surface area (Å²) in [7, 11) is 0. The second-order valence-electron chi connectivity index (χ2n) is 4.05. The Morgan fingerprint density at radius 1 is 1.33 bits per heavy atom. The lowest BCUT2D eigenvalue weighted by Crippen LogP contribution is -2.26. The van der Waals surface area contributed by atoms with Crippen molar-refractivity contribution in [1.82, 2.24) is 0 Å². The van der Waals surface area contributed by atoms with Crippen LogP contribution in [0.1, 0.15) is 26.7 Å². The molecule has 0 nitrogen and oxygen atoms in total. The van der Waals surface area contributed by atoms with E-state index < -0.39 is 0 Å². The van der Waals surface area contributed by atoms with Crippen LogP contribution in [0, 0.1) is 11.8 Å². The Hall–Kier alpha value is 0.320. The van der Waals surface area contributed by atoms with Gasteiger partial charge in [0.05, 0.1) is 0 Å². The minimum Gasteiger partial charge on any atom is -0.126 e. The largest absolute Gasteiger partial charge is 0.126 e. The Balaban J connectivity index is 2.54. The van der Waals surface area contributed by atoms with Gasteiger partial charge in [-0.2, -0.15) is 0 Å². The second-order valence-corrected chi connectivity index (χ2v) is 5.33. The molecule has 1 aliphatic carbocycles. The van der Waals surface area contributed by atoms with Crippen LogP contribution in [0.2, 0.25) is 0 Å². The topological polar surface area (TPSA) is 0 Å². The summed E-state index contributed by atoms with van der Waals surface area (Å²) >= 11 is 12.0. The van der Waals surface area contributed by atoms with Crippen molar-refractivity contribution in [1.29, 1.82) is 0 Å². The van der Waals surface area contributed by atoms with E-state index in [0.29, 0.717) is 11.8 Å². The van der Waals surface area contributed by atoms with Crippen LogP contribution in [0.25, 0.3) is 0 Å². The maximum atomic E-state index is 6.22. The predicted molar refractivity (Wildman–Crippen MR) is 56.0 cm³/mol. The van der Waals surface area contributed by atoms with E-state index in [-0.39, 0.29) is 4.87 Å². The summed E-state index contributed by atoms with van der Waals surface area (Å²) in [4.78, 5) is -0.103. The number of alkyl halides is 2. The molecule has 1 aliphatic rings. The molecule has 0 aromatic heterocycles. The molecule has 0 amide bonds. The number of halogens is 2. The molecule has 2 atom stereocenters. The van der Waals surface area contributed by atoms with Crippen LogP contribution in [-0.4, -0.2) is 10.8 Å². The van der Waals surface area contributed by atoms with Crippen molar-refractivity contribution in [3.63, 3.8) is 0 Å². The van der Waals surface area contributed by atoms with Crippen LogP contribution in [-0.2, 0) is 0 Å². The van der Waals surface area contributed by atoms with Gasteiger partial charge >= 0.3 is 0 Å². The SMILES string of the molecule is CC(C)(Cl)C1C=CC(CCl)CC1. The summed E-state index contributed by atoms with van der Waals surface area (Å²) < 4.78 is 0. The summed E-state index contributed by atoms with van der Waals surface area (Å²) in [5, 5.41) is 0. The van der Waals surface area contributed by atoms with E-state index in [0.717, 1.165) is 5.88 Å². The van der Waals surface area contributed by atoms with Gasteiger partial charge in [0.15, 0.2) is 0 Å². The summed E-state index contributed by atoms with van der Waals surface area (Å²) in [5.74, 6) is 1.83. The van der Waals surface area contributed by atoms with Crippen molar-refractivity contribution in [3.05, 3.63) is 12.2 Å². The molecule has 0 saturated heterocycles. The zero-order chi connectivity index (χ0) is 9.19. The minimum absolute atomic E-state index is 0.103. The zero-order valence-corrected chi connectivity index (χ0v) is 9.20. The van der Waals surface area contributed by atoms with Crippen molar-refractivity contribution in [2.75, 3.05) is 5.88 Å². The quantitative estimate of drug-likeness (QED) is 0.477. The number of hydrogen-bond acceptors (Lipinski definition) is 0. The van der Waals surface area contributed by atoms with Crippen LogP contribution < -0.4 is 0 Å². The van der Waals surface area contributed by atoms with Gasteiger partial charge in [-0.1, -0.05) is 12.2 Å². The van der Waals surface area contributed by atoms with Gasteiger partial charge in [0.1, 0.15) is 0 Å². The van der Waals surface area contributed by atoms with Gasteiger partial charge in [0, 0.05) is 10.8 Å². The summed E-state index contributed by atoms with van der Waals surface area (Å²) in [6.45, 7) is 4.15. The van der Waals surface area contributed by atoms with Crippen LogP contribution in [0.5, 0.6) is 0 Å². The van der Waals surface area contributed by atoms with E-state index in [1.807, 2.05) is 0 Å². The van der Waals surface area contributed by atoms with Gasteiger partial charge in [-0.15, -0.1) is 23.2 Å². The smallest absolute Gasteiger partial charge is 0.0453 e. The molecule has 0 aromatic rings. The van der Waals surface area contributed by atoms with E-state index in [9.17, 15) is 0 Å². The normalized spacial score (nSPS) is 30.7. The fraction of sp³-hybridized carbons (Fsp3) is 0.800. The maximum absolute atomic E-state index is 6.22. The highest BCUT2D eigenvalue weighted by Crippen LogP contribution is 2.34. The van der Waals surface area contributed by atoms with Crippen molar-refractivity contribution in [2.24, 2.45) is 11.8 Å². The zero-order valence-electron chi connectivity index (χ0n) is 7.69. The second kappa shape index (κ2) is 4.02. The lowest BCUT2D eigenvalue weighted by molar-refractivity contribution is 0.408. The Kier molecular flexibility index (Phi) is 3.48. The fourth-order valence-corrected chi connectivity index (χ4v) is 2.02. The molecule has 0 N–H and O–H groups in total. The summed E-state index contributed by atoms with van der Waals surface area (Å²) in [6, 6.07) is 0. The molecule has 0 aromatic carbocycles. The number of rotatable bonds is 2. The van der Waals surface area contributed by atoms with Crippen LogP contribution >= 0.6 is 23.2 Å². The first kappa shape index (κ1) is 10.4. The Morgan fingerprint density at radius 3 is 2.33 bits per heavy atom. The average molecular weight is 207 g/mol. The van der Waals surface area contributed by atoms with E-state index >= 15 is 0 Å². The highest BCUT2D eigenvalue weighted by Gasteiger charge is 2.27. The monoisotopic (exact) mass is 206 g/mol. The first-order valence-electron chi connectivity index (χ1n) is 4.47. The van der Waals surface area contributed by atoms with Gasteiger partial charge < -0.3 is 0 Å². The molecule has 0 bridgehead atoms. The van der Waals surface area contributed by atoms with Crippen LogP contribution in [0.15, 0.2) is 12.2 Å². The molecule has 0 spiro atoms. The van der Waals surface area contributed by atoms with Crippen molar-refractivity contribution >= 4 is 23.2 Å². The standard InChI is InChI=1S/C10H16Cl2/c1-10(2,12)9-5-3-8(7-11)4-6-9/h3,5,8-9H,4,6-7H2,1-2H3. The number of hydrogen-bond donors (Lipinski definition) is 0. The van der Waals surface area contributed by atoms with E-state index in [2.05, 4.69) is 26.0 Å². The van der Waals surface area contributed by atoms with Gasteiger partial charge in [0.2, 0.25) is 0 Å². The van der Waals surface area contributed by atoms with Gasteiger partial charge in [-0.05, 0) is 38.5 Å². The molecule has 2 unspecified atom stereocenters. The Labute approximate surface area is 84.9 Å². The van der Waals surface area contributed by atoms with Crippen molar-refractivity contribution in [2.45, 2.75) is 31.6 Å². The van der Waals surface area contributed by atoms with E-state index in [1.54, 1.807) is 0 Å². The Bertz CT molecular complexity index is 167. The summed E-state index contributed by atoms with van der Waals surface area (Å²) in [6.07, 6.45) is 6.79. The van der Waals surface area contributed by atoms with E-state index in [1.165, 1.54) is 12.8 Å². The third-order valence-corrected chi connectivity index (χ3v) is 3.22. The van der Waals surface area contributed by atoms with Gasteiger partial charge in [0.25, 0.3) is 0 Å². The molecule has 12 heavy (non-hydrogen) atoms. The first-order chi connectivity index (χ1) is 5.54. The lowest BCUT2D eigenvalue weighted by atomic mass is 9.82. The molecule has 0 radical (unpaired) electrons. The molecule has 0 saturated carbocycles. The predicted octanol–water partition coefficient (Wildman–Crippen LogP) is 3.83. The van der Waals surface area contributed by atoms with Crippen molar-refractivity contribution in [3.8, 4) is 0 Å².